The van der Waals surface area contributed by atoms with Crippen LogP contribution in [0.15, 0.2) is 71.7 Å². The third kappa shape index (κ3) is 4.54. The van der Waals surface area contributed by atoms with E-state index in [2.05, 4.69) is 32.9 Å². The first-order valence-electron chi connectivity index (χ1n) is 10.4. The van der Waals surface area contributed by atoms with Crippen LogP contribution in [0.1, 0.15) is 41.8 Å². The van der Waals surface area contributed by atoms with Gasteiger partial charge in [-0.2, -0.15) is 0 Å². The van der Waals surface area contributed by atoms with Gasteiger partial charge in [0.1, 0.15) is 7.85 Å². The molecule has 0 aliphatic heterocycles. The summed E-state index contributed by atoms with van der Waals surface area (Å²) < 4.78 is 5.01. The van der Waals surface area contributed by atoms with Crippen LogP contribution >= 0.6 is 0 Å². The number of aliphatic imine (C=N–C) groups is 1. The minimum atomic E-state index is -0.331. The summed E-state index contributed by atoms with van der Waals surface area (Å²) in [4.78, 5) is 17.5. The van der Waals surface area contributed by atoms with Gasteiger partial charge in [-0.25, -0.2) is 4.79 Å². The second kappa shape index (κ2) is 9.58. The molecular weight excluding hydrogens is 369 g/mol. The summed E-state index contributed by atoms with van der Waals surface area (Å²) in [6.45, 7) is 6.46. The fraction of sp³-hybridized carbons (Fsp3) is 0.231. The van der Waals surface area contributed by atoms with Crippen molar-refractivity contribution in [2.75, 3.05) is 7.11 Å². The molecule has 0 spiro atoms. The zero-order valence-electron chi connectivity index (χ0n) is 18.4. The molecule has 0 bridgehead atoms. The number of benzene rings is 3. The molecule has 0 radical (unpaired) electrons. The Hall–Kier alpha value is -3.14. The van der Waals surface area contributed by atoms with Crippen molar-refractivity contribution in [2.24, 2.45) is 10.9 Å². The van der Waals surface area contributed by atoms with Gasteiger partial charge in [0.25, 0.3) is 0 Å². The maximum Gasteiger partial charge on any atom is 0.338 e. The lowest BCUT2D eigenvalue weighted by atomic mass is 9.87. The van der Waals surface area contributed by atoms with Gasteiger partial charge >= 0.3 is 5.97 Å². The normalized spacial score (nSPS) is 12.5. The van der Waals surface area contributed by atoms with Crippen molar-refractivity contribution in [1.29, 1.82) is 0 Å². The Bertz CT molecular complexity index is 1070. The number of hydrogen-bond donors (Lipinski definition) is 0. The lowest BCUT2D eigenvalue weighted by Gasteiger charge is -2.16. The molecule has 0 amide bonds. The van der Waals surface area contributed by atoms with Crippen LogP contribution in [0.3, 0.4) is 0 Å². The highest BCUT2D eigenvalue weighted by Crippen LogP contribution is 2.33. The van der Waals surface area contributed by atoms with E-state index in [1.807, 2.05) is 62.4 Å². The Labute approximate surface area is 180 Å². The van der Waals surface area contributed by atoms with Crippen molar-refractivity contribution in [1.82, 2.24) is 0 Å². The molecule has 0 fully saturated rings. The first kappa shape index (κ1) is 21.6. The van der Waals surface area contributed by atoms with Crippen molar-refractivity contribution in [3.05, 3.63) is 83.4 Å². The summed E-state index contributed by atoms with van der Waals surface area (Å²) in [5.41, 5.74) is 7.72. The predicted octanol–water partition coefficient (Wildman–Crippen LogP) is 4.87. The van der Waals surface area contributed by atoms with Crippen molar-refractivity contribution in [2.45, 2.75) is 27.2 Å². The number of carbonyl (C=O) groups is 1. The minimum absolute atomic E-state index is 0.331. The quantitative estimate of drug-likeness (QED) is 0.338. The maximum absolute atomic E-state index is 12.4. The Morgan fingerprint density at radius 1 is 1.03 bits per heavy atom. The van der Waals surface area contributed by atoms with Crippen LogP contribution in [0.4, 0.5) is 5.69 Å². The molecule has 4 heteroatoms. The molecule has 0 saturated carbocycles. The van der Waals surface area contributed by atoms with E-state index in [0.29, 0.717) is 11.5 Å². The highest BCUT2D eigenvalue weighted by Gasteiger charge is 2.17. The summed E-state index contributed by atoms with van der Waals surface area (Å²) in [5, 5.41) is 0. The molecule has 3 aromatic rings. The van der Waals surface area contributed by atoms with Gasteiger partial charge < -0.3 is 4.74 Å². The van der Waals surface area contributed by atoms with Gasteiger partial charge in [0.15, 0.2) is 0 Å². The highest BCUT2D eigenvalue weighted by molar-refractivity contribution is 6.33. The molecule has 1 unspecified atom stereocenters. The van der Waals surface area contributed by atoms with E-state index in [1.54, 1.807) is 0 Å². The van der Waals surface area contributed by atoms with E-state index in [0.717, 1.165) is 45.5 Å². The Morgan fingerprint density at radius 3 is 2.43 bits per heavy atom. The monoisotopic (exact) mass is 397 g/mol. The van der Waals surface area contributed by atoms with Crippen LogP contribution in [0.2, 0.25) is 0 Å². The molecule has 0 heterocycles. The highest BCUT2D eigenvalue weighted by atomic mass is 16.5. The number of hydrogen-bond acceptors (Lipinski definition) is 3. The average molecular weight is 397 g/mol. The van der Waals surface area contributed by atoms with Crippen LogP contribution in [-0.4, -0.2) is 26.6 Å². The largest absolute Gasteiger partial charge is 0.465 e. The Morgan fingerprint density at radius 2 is 1.77 bits per heavy atom. The van der Waals surface area contributed by atoms with Crippen molar-refractivity contribution >= 4 is 30.7 Å². The predicted molar refractivity (Wildman–Crippen MR) is 128 cm³/mol. The molecule has 0 aliphatic rings. The zero-order chi connectivity index (χ0) is 21.7. The molecule has 30 heavy (non-hydrogen) atoms. The van der Waals surface area contributed by atoms with Crippen molar-refractivity contribution < 1.29 is 9.53 Å². The number of carbonyl (C=O) groups excluding carboxylic acids is 1. The van der Waals surface area contributed by atoms with E-state index in [9.17, 15) is 4.79 Å². The number of nitrogens with zero attached hydrogens (tertiary/aromatic N) is 1. The Kier molecular flexibility index (Phi) is 6.89. The summed E-state index contributed by atoms with van der Waals surface area (Å²) in [5.74, 6) is 0.00272. The van der Waals surface area contributed by atoms with Gasteiger partial charge in [0.2, 0.25) is 0 Å². The van der Waals surface area contributed by atoms with Crippen molar-refractivity contribution in [3.8, 4) is 11.1 Å². The maximum atomic E-state index is 12.4. The van der Waals surface area contributed by atoms with Crippen LogP contribution in [0.5, 0.6) is 0 Å². The van der Waals surface area contributed by atoms with Crippen LogP contribution in [-0.2, 0) is 4.74 Å². The average Bonchev–Trinajstić information content (AvgIpc) is 2.78. The van der Waals surface area contributed by atoms with Crippen LogP contribution in [0, 0.1) is 12.8 Å². The first-order chi connectivity index (χ1) is 14.5. The third-order valence-electron chi connectivity index (χ3n) is 5.57. The molecule has 3 nitrogen and oxygen atoms in total. The molecule has 0 aliphatic carbocycles. The second-order valence-corrected chi connectivity index (χ2v) is 7.66. The standard InChI is InChI=1S/C26H28BNO2/c1-5-17(2)25(19-10-7-6-8-11-19)28-24-13-9-12-21(18(24)3)23-16-20(27)14-15-22(23)26(29)30-4/h6-17H,5,27H2,1-4H3/b28-25+. The zero-order valence-corrected chi connectivity index (χ0v) is 18.4. The SMILES string of the molecule is Bc1ccc(C(=O)OC)c(-c2cccc(/N=C(/c3ccccc3)C(C)CC)c2C)c1. The van der Waals surface area contributed by atoms with E-state index in [1.165, 1.54) is 7.11 Å². The van der Waals surface area contributed by atoms with Gasteiger partial charge in [-0.15, -0.1) is 0 Å². The number of methoxy groups -OCH3 is 1. The second-order valence-electron chi connectivity index (χ2n) is 7.66. The fourth-order valence-electron chi connectivity index (χ4n) is 3.60. The lowest BCUT2D eigenvalue weighted by Crippen LogP contribution is -2.12. The van der Waals surface area contributed by atoms with Gasteiger partial charge in [-0.05, 0) is 53.6 Å². The number of ether oxygens (including phenoxy) is 1. The molecular formula is C26H28BNO2. The molecule has 152 valence electrons. The topological polar surface area (TPSA) is 38.7 Å². The molecule has 3 rings (SSSR count). The van der Waals surface area contributed by atoms with Crippen molar-refractivity contribution in [3.63, 3.8) is 0 Å². The fourth-order valence-corrected chi connectivity index (χ4v) is 3.60. The van der Waals surface area contributed by atoms with Gasteiger partial charge in [-0.1, -0.05) is 73.9 Å². The smallest absolute Gasteiger partial charge is 0.338 e. The number of rotatable bonds is 6. The van der Waals surface area contributed by atoms with Crippen LogP contribution in [0.25, 0.3) is 11.1 Å². The summed E-state index contributed by atoms with van der Waals surface area (Å²) in [7, 11) is 3.44. The first-order valence-corrected chi connectivity index (χ1v) is 10.4. The molecule has 0 saturated heterocycles. The van der Waals surface area contributed by atoms with E-state index >= 15 is 0 Å². The minimum Gasteiger partial charge on any atom is -0.465 e. The molecule has 0 N–H and O–H groups in total. The number of esters is 1. The third-order valence-corrected chi connectivity index (χ3v) is 5.57. The summed E-state index contributed by atoms with van der Waals surface area (Å²) in [6, 6.07) is 22.2. The van der Waals surface area contributed by atoms with Crippen LogP contribution < -0.4 is 5.46 Å². The molecule has 1 atom stereocenters. The van der Waals surface area contributed by atoms with E-state index in [4.69, 9.17) is 9.73 Å². The van der Waals surface area contributed by atoms with E-state index < -0.39 is 0 Å². The molecule has 3 aromatic carbocycles. The summed E-state index contributed by atoms with van der Waals surface area (Å²) in [6.07, 6.45) is 1.01. The Balaban J connectivity index is 2.18. The van der Waals surface area contributed by atoms with Gasteiger partial charge in [-0.3, -0.25) is 4.99 Å². The molecule has 0 aromatic heterocycles. The van der Waals surface area contributed by atoms with E-state index in [-0.39, 0.29) is 5.97 Å². The van der Waals surface area contributed by atoms with Gasteiger partial charge in [0, 0.05) is 0 Å². The lowest BCUT2D eigenvalue weighted by molar-refractivity contribution is 0.0601. The van der Waals surface area contributed by atoms with Gasteiger partial charge in [0.05, 0.1) is 24.1 Å². The summed E-state index contributed by atoms with van der Waals surface area (Å²) >= 11 is 0.